The molecule has 0 heterocycles. The van der Waals surface area contributed by atoms with Gasteiger partial charge in [-0.25, -0.2) is 4.39 Å². The zero-order valence-corrected chi connectivity index (χ0v) is 10.3. The van der Waals surface area contributed by atoms with Gasteiger partial charge in [0.2, 0.25) is 0 Å². The van der Waals surface area contributed by atoms with Crippen molar-refractivity contribution in [3.63, 3.8) is 0 Å². The number of rotatable bonds is 5. The second-order valence-electron chi connectivity index (χ2n) is 4.10. The summed E-state index contributed by atoms with van der Waals surface area (Å²) in [6.07, 6.45) is 0. The van der Waals surface area contributed by atoms with Crippen LogP contribution in [0.3, 0.4) is 0 Å². The normalized spacial score (nSPS) is 10.1. The fourth-order valence-electron chi connectivity index (χ4n) is 1.64. The minimum absolute atomic E-state index is 0.225. The quantitative estimate of drug-likeness (QED) is 0.812. The monoisotopic (exact) mass is 245 g/mol. The summed E-state index contributed by atoms with van der Waals surface area (Å²) >= 11 is 0. The predicted octanol–water partition coefficient (Wildman–Crippen LogP) is 3.63. The molecule has 0 unspecified atom stereocenters. The first-order valence-electron chi connectivity index (χ1n) is 5.93. The highest BCUT2D eigenvalue weighted by molar-refractivity contribution is 5.42. The molecule has 0 aromatic heterocycles. The molecule has 0 atom stereocenters. The van der Waals surface area contributed by atoms with Crippen molar-refractivity contribution in [2.75, 3.05) is 18.5 Å². The Labute approximate surface area is 106 Å². The molecule has 2 nitrogen and oxygen atoms in total. The predicted molar refractivity (Wildman–Crippen MR) is 71.6 cm³/mol. The van der Waals surface area contributed by atoms with Gasteiger partial charge in [0.1, 0.15) is 18.2 Å². The van der Waals surface area contributed by atoms with Gasteiger partial charge in [0.05, 0.1) is 0 Å². The standard InChI is InChI=1S/C15H16FNO/c1-12-3-2-4-15(11-12)18-10-9-17-14-7-5-13(16)6-8-14/h2-8,11,17H,9-10H2,1H3. The summed E-state index contributed by atoms with van der Waals surface area (Å²) in [5.41, 5.74) is 2.07. The summed E-state index contributed by atoms with van der Waals surface area (Å²) in [7, 11) is 0. The smallest absolute Gasteiger partial charge is 0.123 e. The summed E-state index contributed by atoms with van der Waals surface area (Å²) in [6.45, 7) is 3.28. The van der Waals surface area contributed by atoms with Gasteiger partial charge < -0.3 is 10.1 Å². The second kappa shape index (κ2) is 6.05. The molecule has 2 aromatic rings. The Kier molecular flexibility index (Phi) is 4.18. The molecular weight excluding hydrogens is 229 g/mol. The van der Waals surface area contributed by atoms with Crippen LogP contribution in [-0.2, 0) is 0 Å². The first-order chi connectivity index (χ1) is 8.74. The maximum Gasteiger partial charge on any atom is 0.123 e. The van der Waals surface area contributed by atoms with E-state index in [0.717, 1.165) is 11.4 Å². The molecule has 0 saturated carbocycles. The van der Waals surface area contributed by atoms with Crippen molar-refractivity contribution >= 4 is 5.69 Å². The van der Waals surface area contributed by atoms with Crippen LogP contribution in [0.2, 0.25) is 0 Å². The fourth-order valence-corrected chi connectivity index (χ4v) is 1.64. The van der Waals surface area contributed by atoms with Gasteiger partial charge in [0.25, 0.3) is 0 Å². The van der Waals surface area contributed by atoms with E-state index in [4.69, 9.17) is 4.74 Å². The summed E-state index contributed by atoms with van der Waals surface area (Å²) in [5.74, 6) is 0.646. The molecule has 0 amide bonds. The Hall–Kier alpha value is -2.03. The van der Waals surface area contributed by atoms with E-state index in [1.165, 1.54) is 17.7 Å². The Morgan fingerprint density at radius 1 is 1.11 bits per heavy atom. The van der Waals surface area contributed by atoms with Gasteiger partial charge in [-0.05, 0) is 48.9 Å². The van der Waals surface area contributed by atoms with Gasteiger partial charge in [0.15, 0.2) is 0 Å². The second-order valence-corrected chi connectivity index (χ2v) is 4.10. The molecule has 0 spiro atoms. The minimum Gasteiger partial charge on any atom is -0.492 e. The summed E-state index contributed by atoms with van der Waals surface area (Å²) in [5, 5.41) is 3.17. The zero-order valence-electron chi connectivity index (χ0n) is 10.3. The molecule has 94 valence electrons. The van der Waals surface area contributed by atoms with E-state index < -0.39 is 0 Å². The molecule has 0 aliphatic rings. The highest BCUT2D eigenvalue weighted by Gasteiger charge is 1.95. The van der Waals surface area contributed by atoms with Crippen LogP contribution in [-0.4, -0.2) is 13.2 Å². The molecule has 3 heteroatoms. The van der Waals surface area contributed by atoms with Gasteiger partial charge in [-0.1, -0.05) is 12.1 Å². The number of halogens is 1. The van der Waals surface area contributed by atoms with E-state index in [1.54, 1.807) is 12.1 Å². The molecular formula is C15H16FNO. The summed E-state index contributed by atoms with van der Waals surface area (Å²) < 4.78 is 18.3. The van der Waals surface area contributed by atoms with E-state index in [-0.39, 0.29) is 5.82 Å². The number of hydrogen-bond donors (Lipinski definition) is 1. The Balaban J connectivity index is 1.74. The number of aryl methyl sites for hydroxylation is 1. The Morgan fingerprint density at radius 3 is 2.61 bits per heavy atom. The van der Waals surface area contributed by atoms with Gasteiger partial charge >= 0.3 is 0 Å². The Morgan fingerprint density at radius 2 is 1.89 bits per heavy atom. The van der Waals surface area contributed by atoms with Crippen LogP contribution in [0.1, 0.15) is 5.56 Å². The first-order valence-corrected chi connectivity index (χ1v) is 5.93. The van der Waals surface area contributed by atoms with Crippen molar-refractivity contribution in [1.82, 2.24) is 0 Å². The highest BCUT2D eigenvalue weighted by atomic mass is 19.1. The van der Waals surface area contributed by atoms with E-state index in [0.29, 0.717) is 13.2 Å². The first kappa shape index (κ1) is 12.4. The zero-order chi connectivity index (χ0) is 12.8. The van der Waals surface area contributed by atoms with Crippen LogP contribution in [0.25, 0.3) is 0 Å². The lowest BCUT2D eigenvalue weighted by Gasteiger charge is -2.09. The number of benzene rings is 2. The largest absolute Gasteiger partial charge is 0.492 e. The van der Waals surface area contributed by atoms with E-state index >= 15 is 0 Å². The molecule has 18 heavy (non-hydrogen) atoms. The SMILES string of the molecule is Cc1cccc(OCCNc2ccc(F)cc2)c1. The van der Waals surface area contributed by atoms with E-state index in [2.05, 4.69) is 5.32 Å². The number of anilines is 1. The van der Waals surface area contributed by atoms with Crippen molar-refractivity contribution in [2.45, 2.75) is 6.92 Å². The lowest BCUT2D eigenvalue weighted by molar-refractivity contribution is 0.332. The van der Waals surface area contributed by atoms with Gasteiger partial charge in [-0.15, -0.1) is 0 Å². The molecule has 0 aliphatic carbocycles. The minimum atomic E-state index is -0.225. The molecule has 0 fully saturated rings. The van der Waals surface area contributed by atoms with Crippen LogP contribution in [0.15, 0.2) is 48.5 Å². The molecule has 2 rings (SSSR count). The van der Waals surface area contributed by atoms with Crippen molar-refractivity contribution in [3.8, 4) is 5.75 Å². The van der Waals surface area contributed by atoms with Crippen molar-refractivity contribution in [2.24, 2.45) is 0 Å². The number of nitrogens with one attached hydrogen (secondary N) is 1. The highest BCUT2D eigenvalue weighted by Crippen LogP contribution is 2.12. The third kappa shape index (κ3) is 3.77. The van der Waals surface area contributed by atoms with Crippen molar-refractivity contribution < 1.29 is 9.13 Å². The van der Waals surface area contributed by atoms with Gasteiger partial charge in [-0.3, -0.25) is 0 Å². The molecule has 0 saturated heterocycles. The summed E-state index contributed by atoms with van der Waals surface area (Å²) in [6, 6.07) is 14.2. The molecule has 0 aliphatic heterocycles. The maximum absolute atomic E-state index is 12.7. The molecule has 0 radical (unpaired) electrons. The third-order valence-corrected chi connectivity index (χ3v) is 2.53. The van der Waals surface area contributed by atoms with Crippen molar-refractivity contribution in [1.29, 1.82) is 0 Å². The van der Waals surface area contributed by atoms with Gasteiger partial charge in [0, 0.05) is 12.2 Å². The van der Waals surface area contributed by atoms with Crippen molar-refractivity contribution in [3.05, 3.63) is 59.9 Å². The van der Waals surface area contributed by atoms with Crippen LogP contribution in [0.4, 0.5) is 10.1 Å². The van der Waals surface area contributed by atoms with Crippen LogP contribution in [0, 0.1) is 12.7 Å². The van der Waals surface area contributed by atoms with Crippen LogP contribution < -0.4 is 10.1 Å². The topological polar surface area (TPSA) is 21.3 Å². The fraction of sp³-hybridized carbons (Fsp3) is 0.200. The average Bonchev–Trinajstić information content (AvgIpc) is 2.37. The van der Waals surface area contributed by atoms with Gasteiger partial charge in [-0.2, -0.15) is 0 Å². The molecule has 0 bridgehead atoms. The number of hydrogen-bond acceptors (Lipinski definition) is 2. The maximum atomic E-state index is 12.7. The lowest BCUT2D eigenvalue weighted by Crippen LogP contribution is -2.11. The Bertz CT molecular complexity index is 496. The van der Waals surface area contributed by atoms with Crippen LogP contribution in [0.5, 0.6) is 5.75 Å². The average molecular weight is 245 g/mol. The lowest BCUT2D eigenvalue weighted by atomic mass is 10.2. The molecule has 1 N–H and O–H groups in total. The third-order valence-electron chi connectivity index (χ3n) is 2.53. The van der Waals surface area contributed by atoms with Crippen LogP contribution >= 0.6 is 0 Å². The van der Waals surface area contributed by atoms with E-state index in [9.17, 15) is 4.39 Å². The van der Waals surface area contributed by atoms with E-state index in [1.807, 2.05) is 31.2 Å². The number of ether oxygens (including phenoxy) is 1. The summed E-state index contributed by atoms with van der Waals surface area (Å²) in [4.78, 5) is 0. The molecule has 2 aromatic carbocycles.